The molecule has 0 radical (unpaired) electrons. The van der Waals surface area contributed by atoms with Gasteiger partial charge in [-0.05, 0) is 39.8 Å². The molecule has 0 saturated carbocycles. The smallest absolute Gasteiger partial charge is 0.254 e. The molecule has 0 unspecified atom stereocenters. The second-order valence-electron chi connectivity index (χ2n) is 4.49. The third kappa shape index (κ3) is 3.12. The standard InChI is InChI=1S/C13H18N2O2/c1-9(2)15(10(3)4)13(17)11-5-6-14-12(7-11)8-16/h5-10H,1-4H3. The molecule has 1 rings (SSSR count). The van der Waals surface area contributed by atoms with Crippen molar-refractivity contribution < 1.29 is 9.59 Å². The number of carbonyl (C=O) groups excluding carboxylic acids is 2. The van der Waals surface area contributed by atoms with Crippen LogP contribution in [0, 0.1) is 0 Å². The third-order valence-corrected chi connectivity index (χ3v) is 2.50. The molecule has 1 amide bonds. The Hall–Kier alpha value is -1.71. The molecule has 4 nitrogen and oxygen atoms in total. The molecule has 0 fully saturated rings. The van der Waals surface area contributed by atoms with Gasteiger partial charge in [0.15, 0.2) is 6.29 Å². The fourth-order valence-electron chi connectivity index (χ4n) is 1.86. The van der Waals surface area contributed by atoms with Crippen LogP contribution >= 0.6 is 0 Å². The Kier molecular flexibility index (Phi) is 4.37. The highest BCUT2D eigenvalue weighted by Gasteiger charge is 2.21. The molecule has 0 aliphatic rings. The van der Waals surface area contributed by atoms with Gasteiger partial charge in [-0.3, -0.25) is 14.6 Å². The topological polar surface area (TPSA) is 50.3 Å². The van der Waals surface area contributed by atoms with Gasteiger partial charge in [-0.25, -0.2) is 0 Å². The number of aromatic nitrogens is 1. The number of hydrogen-bond acceptors (Lipinski definition) is 3. The van der Waals surface area contributed by atoms with Gasteiger partial charge in [0.2, 0.25) is 0 Å². The van der Waals surface area contributed by atoms with Gasteiger partial charge in [0.25, 0.3) is 5.91 Å². The maximum atomic E-state index is 12.3. The average Bonchev–Trinajstić information content (AvgIpc) is 2.28. The highest BCUT2D eigenvalue weighted by atomic mass is 16.2. The minimum atomic E-state index is -0.0690. The van der Waals surface area contributed by atoms with Gasteiger partial charge in [-0.1, -0.05) is 0 Å². The predicted octanol–water partition coefficient (Wildman–Crippen LogP) is 2.15. The van der Waals surface area contributed by atoms with Crippen LogP contribution in [-0.2, 0) is 0 Å². The van der Waals surface area contributed by atoms with Gasteiger partial charge < -0.3 is 4.90 Å². The Balaban J connectivity index is 3.05. The number of pyridine rings is 1. The minimum absolute atomic E-state index is 0.0690. The molecule has 92 valence electrons. The van der Waals surface area contributed by atoms with Crippen LogP contribution in [0.3, 0.4) is 0 Å². The molecule has 17 heavy (non-hydrogen) atoms. The first-order valence-corrected chi connectivity index (χ1v) is 5.71. The third-order valence-electron chi connectivity index (χ3n) is 2.50. The lowest BCUT2D eigenvalue weighted by Gasteiger charge is -2.30. The van der Waals surface area contributed by atoms with E-state index in [0.29, 0.717) is 11.8 Å². The first-order chi connectivity index (χ1) is 7.97. The fourth-order valence-corrected chi connectivity index (χ4v) is 1.86. The lowest BCUT2D eigenvalue weighted by atomic mass is 10.1. The zero-order valence-electron chi connectivity index (χ0n) is 10.7. The largest absolute Gasteiger partial charge is 0.334 e. The molecule has 1 aromatic rings. The van der Waals surface area contributed by atoms with Gasteiger partial charge >= 0.3 is 0 Å². The van der Waals surface area contributed by atoms with E-state index in [1.165, 1.54) is 12.3 Å². The van der Waals surface area contributed by atoms with E-state index in [0.717, 1.165) is 0 Å². The Morgan fingerprint density at radius 1 is 1.29 bits per heavy atom. The molecular formula is C13H18N2O2. The molecule has 0 aliphatic heterocycles. The molecule has 0 saturated heterocycles. The summed E-state index contributed by atoms with van der Waals surface area (Å²) in [4.78, 5) is 28.5. The lowest BCUT2D eigenvalue weighted by Crippen LogP contribution is -2.42. The molecule has 0 aromatic carbocycles. The average molecular weight is 234 g/mol. The summed E-state index contributed by atoms with van der Waals surface area (Å²) < 4.78 is 0. The summed E-state index contributed by atoms with van der Waals surface area (Å²) in [5.41, 5.74) is 0.785. The summed E-state index contributed by atoms with van der Waals surface area (Å²) in [6.45, 7) is 7.89. The Bertz CT molecular complexity index is 406. The van der Waals surface area contributed by atoms with Crippen molar-refractivity contribution in [3.8, 4) is 0 Å². The van der Waals surface area contributed by atoms with Gasteiger partial charge in [0, 0.05) is 23.8 Å². The molecule has 4 heteroatoms. The van der Waals surface area contributed by atoms with Crippen molar-refractivity contribution >= 4 is 12.2 Å². The summed E-state index contributed by atoms with van der Waals surface area (Å²) in [5, 5.41) is 0. The summed E-state index contributed by atoms with van der Waals surface area (Å²) >= 11 is 0. The van der Waals surface area contributed by atoms with Crippen molar-refractivity contribution in [1.82, 2.24) is 9.88 Å². The van der Waals surface area contributed by atoms with Crippen molar-refractivity contribution in [3.63, 3.8) is 0 Å². The number of amides is 1. The molecule has 0 N–H and O–H groups in total. The van der Waals surface area contributed by atoms with Crippen molar-refractivity contribution in [3.05, 3.63) is 29.6 Å². The van der Waals surface area contributed by atoms with Crippen LogP contribution in [0.25, 0.3) is 0 Å². The number of rotatable bonds is 4. The van der Waals surface area contributed by atoms with Crippen LogP contribution in [0.1, 0.15) is 48.5 Å². The number of nitrogens with zero attached hydrogens (tertiary/aromatic N) is 2. The molecule has 0 spiro atoms. The van der Waals surface area contributed by atoms with Crippen LogP contribution < -0.4 is 0 Å². The second kappa shape index (κ2) is 5.57. The van der Waals surface area contributed by atoms with Crippen molar-refractivity contribution in [2.24, 2.45) is 0 Å². The highest BCUT2D eigenvalue weighted by Crippen LogP contribution is 2.12. The van der Waals surface area contributed by atoms with E-state index in [9.17, 15) is 9.59 Å². The van der Waals surface area contributed by atoms with E-state index >= 15 is 0 Å². The quantitative estimate of drug-likeness (QED) is 0.750. The number of aldehydes is 1. The zero-order chi connectivity index (χ0) is 13.0. The normalized spacial score (nSPS) is 10.7. The lowest BCUT2D eigenvalue weighted by molar-refractivity contribution is 0.0643. The zero-order valence-corrected chi connectivity index (χ0v) is 10.7. The summed E-state index contributed by atoms with van der Waals surface area (Å²) in [6.07, 6.45) is 2.13. The van der Waals surface area contributed by atoms with E-state index < -0.39 is 0 Å². The Morgan fingerprint density at radius 3 is 2.35 bits per heavy atom. The van der Waals surface area contributed by atoms with E-state index in [1.54, 1.807) is 11.0 Å². The van der Waals surface area contributed by atoms with Gasteiger partial charge in [0.05, 0.1) is 0 Å². The highest BCUT2D eigenvalue weighted by molar-refractivity contribution is 5.95. The maximum Gasteiger partial charge on any atom is 0.254 e. The van der Waals surface area contributed by atoms with Crippen molar-refractivity contribution in [1.29, 1.82) is 0 Å². The molecule has 0 atom stereocenters. The van der Waals surface area contributed by atoms with Crippen LogP contribution in [0.2, 0.25) is 0 Å². The first-order valence-electron chi connectivity index (χ1n) is 5.71. The van der Waals surface area contributed by atoms with Crippen LogP contribution in [0.4, 0.5) is 0 Å². The molecule has 0 aliphatic carbocycles. The molecule has 0 bridgehead atoms. The SMILES string of the molecule is CC(C)N(C(=O)c1ccnc(C=O)c1)C(C)C. The van der Waals surface area contributed by atoms with Gasteiger partial charge in [-0.15, -0.1) is 0 Å². The summed E-state index contributed by atoms with van der Waals surface area (Å²) in [7, 11) is 0. The maximum absolute atomic E-state index is 12.3. The van der Waals surface area contributed by atoms with E-state index in [2.05, 4.69) is 4.98 Å². The van der Waals surface area contributed by atoms with E-state index in [4.69, 9.17) is 0 Å². The molecular weight excluding hydrogens is 216 g/mol. The Morgan fingerprint density at radius 2 is 1.88 bits per heavy atom. The predicted molar refractivity (Wildman–Crippen MR) is 66.1 cm³/mol. The molecule has 1 aromatic heterocycles. The summed E-state index contributed by atoms with van der Waals surface area (Å²) in [6, 6.07) is 3.39. The van der Waals surface area contributed by atoms with E-state index in [1.807, 2.05) is 27.7 Å². The van der Waals surface area contributed by atoms with Crippen LogP contribution in [0.15, 0.2) is 18.3 Å². The first kappa shape index (κ1) is 13.4. The second-order valence-corrected chi connectivity index (χ2v) is 4.49. The van der Waals surface area contributed by atoms with Crippen LogP contribution in [0.5, 0.6) is 0 Å². The van der Waals surface area contributed by atoms with Crippen molar-refractivity contribution in [2.75, 3.05) is 0 Å². The minimum Gasteiger partial charge on any atom is -0.334 e. The monoisotopic (exact) mass is 234 g/mol. The number of hydrogen-bond donors (Lipinski definition) is 0. The van der Waals surface area contributed by atoms with Crippen LogP contribution in [-0.4, -0.2) is 34.2 Å². The van der Waals surface area contributed by atoms with Crippen molar-refractivity contribution in [2.45, 2.75) is 39.8 Å². The van der Waals surface area contributed by atoms with Gasteiger partial charge in [0.1, 0.15) is 5.69 Å². The fraction of sp³-hybridized carbons (Fsp3) is 0.462. The van der Waals surface area contributed by atoms with Gasteiger partial charge in [-0.2, -0.15) is 0 Å². The van der Waals surface area contributed by atoms with E-state index in [-0.39, 0.29) is 23.7 Å². The molecule has 1 heterocycles. The Labute approximate surface area is 102 Å². The number of carbonyl (C=O) groups is 2. The summed E-state index contributed by atoms with van der Waals surface area (Å²) in [5.74, 6) is -0.0690.